The van der Waals surface area contributed by atoms with Gasteiger partial charge in [-0.05, 0) is 51.1 Å². The summed E-state index contributed by atoms with van der Waals surface area (Å²) in [7, 11) is 1.64. The van der Waals surface area contributed by atoms with Crippen molar-refractivity contribution in [1.29, 1.82) is 0 Å². The smallest absolute Gasteiger partial charge is 0.231 e. The zero-order valence-electron chi connectivity index (χ0n) is 16.1. The van der Waals surface area contributed by atoms with Crippen molar-refractivity contribution in [2.24, 2.45) is 5.41 Å². The van der Waals surface area contributed by atoms with Crippen molar-refractivity contribution in [3.63, 3.8) is 0 Å². The van der Waals surface area contributed by atoms with Crippen LogP contribution < -0.4 is 10.2 Å². The van der Waals surface area contributed by atoms with Crippen LogP contribution >= 0.6 is 0 Å². The predicted octanol–water partition coefficient (Wildman–Crippen LogP) is 1.69. The molecule has 0 saturated carbocycles. The van der Waals surface area contributed by atoms with E-state index < -0.39 is 11.2 Å². The summed E-state index contributed by atoms with van der Waals surface area (Å²) < 4.78 is 19.8. The Bertz CT molecular complexity index is 690. The minimum Gasteiger partial charge on any atom is -0.384 e. The van der Waals surface area contributed by atoms with E-state index >= 15 is 0 Å². The Morgan fingerprint density at radius 3 is 2.41 bits per heavy atom. The van der Waals surface area contributed by atoms with Crippen LogP contribution in [0.5, 0.6) is 0 Å². The first-order valence-corrected chi connectivity index (χ1v) is 9.51. The molecule has 6 nitrogen and oxygen atoms in total. The highest BCUT2D eigenvalue weighted by Gasteiger charge is 2.42. The van der Waals surface area contributed by atoms with Crippen molar-refractivity contribution in [2.75, 3.05) is 57.9 Å². The highest BCUT2D eigenvalue weighted by Crippen LogP contribution is 2.32. The first-order chi connectivity index (χ1) is 13.0. The quantitative estimate of drug-likeness (QED) is 0.792. The zero-order chi connectivity index (χ0) is 19.4. The maximum absolute atomic E-state index is 14.4. The third kappa shape index (κ3) is 4.14. The summed E-state index contributed by atoms with van der Waals surface area (Å²) in [5.41, 5.74) is 0.411. The number of ketones is 1. The van der Waals surface area contributed by atoms with Crippen molar-refractivity contribution in [2.45, 2.75) is 19.8 Å². The summed E-state index contributed by atoms with van der Waals surface area (Å²) in [5, 5.41) is 3.30. The molecule has 7 heteroatoms. The summed E-state index contributed by atoms with van der Waals surface area (Å²) in [4.78, 5) is 28.4. The number of anilines is 1. The van der Waals surface area contributed by atoms with E-state index in [0.29, 0.717) is 44.0 Å². The van der Waals surface area contributed by atoms with Crippen LogP contribution in [0.15, 0.2) is 18.2 Å². The van der Waals surface area contributed by atoms with Gasteiger partial charge >= 0.3 is 0 Å². The topological polar surface area (TPSA) is 61.9 Å². The third-order valence-corrected chi connectivity index (χ3v) is 5.70. The Balaban J connectivity index is 1.66. The van der Waals surface area contributed by atoms with Crippen molar-refractivity contribution >= 4 is 17.4 Å². The third-order valence-electron chi connectivity index (χ3n) is 5.70. The molecule has 2 heterocycles. The van der Waals surface area contributed by atoms with E-state index in [1.807, 2.05) is 9.80 Å². The highest BCUT2D eigenvalue weighted by molar-refractivity contribution is 5.94. The van der Waals surface area contributed by atoms with Gasteiger partial charge in [0.15, 0.2) is 5.78 Å². The van der Waals surface area contributed by atoms with Crippen LogP contribution in [0.4, 0.5) is 10.1 Å². The molecule has 0 unspecified atom stereocenters. The van der Waals surface area contributed by atoms with E-state index in [1.54, 1.807) is 19.2 Å². The Labute approximate surface area is 159 Å². The Morgan fingerprint density at radius 2 is 1.85 bits per heavy atom. The number of carbonyl (C=O) groups excluding carboxylic acids is 2. The van der Waals surface area contributed by atoms with Gasteiger partial charge in [0.1, 0.15) is 5.82 Å². The van der Waals surface area contributed by atoms with Gasteiger partial charge in [-0.25, -0.2) is 4.39 Å². The second-order valence-corrected chi connectivity index (χ2v) is 7.46. The van der Waals surface area contributed by atoms with Gasteiger partial charge < -0.3 is 19.9 Å². The molecule has 1 aromatic carbocycles. The van der Waals surface area contributed by atoms with Crippen molar-refractivity contribution < 1.29 is 18.7 Å². The molecule has 0 bridgehead atoms. The molecule has 1 aromatic rings. The van der Waals surface area contributed by atoms with Gasteiger partial charge in [0.2, 0.25) is 5.91 Å². The van der Waals surface area contributed by atoms with Crippen LogP contribution in [0.1, 0.15) is 30.1 Å². The Kier molecular flexibility index (Phi) is 6.11. The Hall–Kier alpha value is -1.99. The lowest BCUT2D eigenvalue weighted by Crippen LogP contribution is -2.56. The van der Waals surface area contributed by atoms with Crippen molar-refractivity contribution in [1.82, 2.24) is 10.2 Å². The number of Topliss-reactive ketones (excluding diaryl/α,β-unsaturated/α-hetero) is 1. The summed E-state index contributed by atoms with van der Waals surface area (Å²) in [6.07, 6.45) is 1.56. The molecule has 1 amide bonds. The van der Waals surface area contributed by atoms with E-state index in [0.717, 1.165) is 25.9 Å². The van der Waals surface area contributed by atoms with Crippen LogP contribution in [0, 0.1) is 11.2 Å². The van der Waals surface area contributed by atoms with Crippen LogP contribution in [-0.4, -0.2) is 69.6 Å². The number of nitrogens with one attached hydrogen (secondary N) is 1. The molecule has 0 atom stereocenters. The first kappa shape index (κ1) is 19.8. The SMILES string of the molecule is COCC1(C(=O)N2CCN(c3ccc(C(C)=O)cc3F)CC2)CCNCC1. The average Bonchev–Trinajstić information content (AvgIpc) is 2.68. The minimum atomic E-state index is -0.448. The minimum absolute atomic E-state index is 0.151. The fraction of sp³-hybridized carbons (Fsp3) is 0.600. The summed E-state index contributed by atoms with van der Waals surface area (Å²) in [5.74, 6) is -0.393. The number of benzene rings is 1. The van der Waals surface area contributed by atoms with Gasteiger partial charge in [-0.1, -0.05) is 0 Å². The van der Waals surface area contributed by atoms with Gasteiger partial charge in [-0.3, -0.25) is 9.59 Å². The van der Waals surface area contributed by atoms with E-state index in [4.69, 9.17) is 4.74 Å². The average molecular weight is 377 g/mol. The summed E-state index contributed by atoms with van der Waals surface area (Å²) in [6, 6.07) is 4.60. The standard InChI is InChI=1S/C20H28FN3O3/c1-15(25)16-3-4-18(17(21)13-16)23-9-11-24(12-10-23)19(26)20(14-27-2)5-7-22-8-6-20/h3-4,13,22H,5-12,14H2,1-2H3. The van der Waals surface area contributed by atoms with Crippen molar-refractivity contribution in [3.8, 4) is 0 Å². The molecule has 0 radical (unpaired) electrons. The Morgan fingerprint density at radius 1 is 1.19 bits per heavy atom. The summed E-state index contributed by atoms with van der Waals surface area (Å²) >= 11 is 0. The number of piperidine rings is 1. The second kappa shape index (κ2) is 8.35. The fourth-order valence-corrected chi connectivity index (χ4v) is 4.07. The van der Waals surface area contributed by atoms with Gasteiger partial charge in [0.25, 0.3) is 0 Å². The molecular weight excluding hydrogens is 349 g/mol. The zero-order valence-corrected chi connectivity index (χ0v) is 16.1. The lowest BCUT2D eigenvalue weighted by molar-refractivity contribution is -0.147. The molecule has 148 valence electrons. The van der Waals surface area contributed by atoms with Gasteiger partial charge in [-0.15, -0.1) is 0 Å². The maximum atomic E-state index is 14.4. The lowest BCUT2D eigenvalue weighted by Gasteiger charge is -2.43. The maximum Gasteiger partial charge on any atom is 0.231 e. The number of methoxy groups -OCH3 is 1. The van der Waals surface area contributed by atoms with Crippen LogP contribution in [0.2, 0.25) is 0 Å². The molecule has 27 heavy (non-hydrogen) atoms. The predicted molar refractivity (Wildman–Crippen MR) is 102 cm³/mol. The summed E-state index contributed by atoms with van der Waals surface area (Å²) in [6.45, 7) is 5.78. The molecule has 0 spiro atoms. The molecular formula is C20H28FN3O3. The number of halogens is 1. The number of hydrogen-bond donors (Lipinski definition) is 1. The molecule has 2 fully saturated rings. The van der Waals surface area contributed by atoms with E-state index in [2.05, 4.69) is 5.32 Å². The van der Waals surface area contributed by atoms with Gasteiger partial charge in [0, 0.05) is 38.9 Å². The van der Waals surface area contributed by atoms with E-state index in [9.17, 15) is 14.0 Å². The first-order valence-electron chi connectivity index (χ1n) is 9.51. The van der Waals surface area contributed by atoms with Crippen LogP contribution in [0.3, 0.4) is 0 Å². The molecule has 2 saturated heterocycles. The number of amides is 1. The van der Waals surface area contributed by atoms with Crippen LogP contribution in [-0.2, 0) is 9.53 Å². The monoisotopic (exact) mass is 377 g/mol. The molecule has 1 N–H and O–H groups in total. The van der Waals surface area contributed by atoms with Crippen molar-refractivity contribution in [3.05, 3.63) is 29.6 Å². The largest absolute Gasteiger partial charge is 0.384 e. The molecule has 2 aliphatic rings. The van der Waals surface area contributed by atoms with E-state index in [1.165, 1.54) is 13.0 Å². The molecule has 3 rings (SSSR count). The molecule has 0 aromatic heterocycles. The molecule has 0 aliphatic carbocycles. The number of piperazine rings is 1. The van der Waals surface area contributed by atoms with Gasteiger partial charge in [0.05, 0.1) is 17.7 Å². The normalized spacial score (nSPS) is 19.8. The number of ether oxygens (including phenoxy) is 1. The number of hydrogen-bond acceptors (Lipinski definition) is 5. The number of rotatable bonds is 5. The fourth-order valence-electron chi connectivity index (χ4n) is 4.07. The number of nitrogens with zero attached hydrogens (tertiary/aromatic N) is 2. The molecule has 2 aliphatic heterocycles. The second-order valence-electron chi connectivity index (χ2n) is 7.46. The van der Waals surface area contributed by atoms with E-state index in [-0.39, 0.29) is 11.7 Å². The van der Waals surface area contributed by atoms with Crippen LogP contribution in [0.25, 0.3) is 0 Å². The number of carbonyl (C=O) groups is 2. The van der Waals surface area contributed by atoms with Gasteiger partial charge in [-0.2, -0.15) is 0 Å². The highest BCUT2D eigenvalue weighted by atomic mass is 19.1. The lowest BCUT2D eigenvalue weighted by atomic mass is 9.78.